The van der Waals surface area contributed by atoms with Gasteiger partial charge in [0.2, 0.25) is 0 Å². The van der Waals surface area contributed by atoms with Gasteiger partial charge in [0.15, 0.2) is 0 Å². The normalized spacial score (nSPS) is 10.3. The maximum Gasteiger partial charge on any atom is 0.0160 e. The van der Waals surface area contributed by atoms with Crippen molar-refractivity contribution in [1.29, 1.82) is 0 Å². The molecule has 0 aromatic heterocycles. The SMILES string of the molecule is Cc1ccccc1-c1ccccc1CS. The third kappa shape index (κ3) is 2.07. The van der Waals surface area contributed by atoms with Crippen LogP contribution in [0.15, 0.2) is 48.5 Å². The molecule has 0 saturated carbocycles. The van der Waals surface area contributed by atoms with Gasteiger partial charge in [-0.3, -0.25) is 0 Å². The van der Waals surface area contributed by atoms with Gasteiger partial charge in [-0.15, -0.1) is 0 Å². The van der Waals surface area contributed by atoms with E-state index in [-0.39, 0.29) is 0 Å². The first-order valence-electron chi connectivity index (χ1n) is 5.07. The second kappa shape index (κ2) is 4.54. The van der Waals surface area contributed by atoms with E-state index >= 15 is 0 Å². The van der Waals surface area contributed by atoms with Crippen molar-refractivity contribution in [3.05, 3.63) is 59.7 Å². The van der Waals surface area contributed by atoms with Gasteiger partial charge in [0.1, 0.15) is 0 Å². The number of aryl methyl sites for hydroxylation is 1. The number of rotatable bonds is 2. The highest BCUT2D eigenvalue weighted by molar-refractivity contribution is 7.79. The lowest BCUT2D eigenvalue weighted by molar-refractivity contribution is 1.39. The molecule has 0 saturated heterocycles. The molecule has 0 aliphatic carbocycles. The van der Waals surface area contributed by atoms with Gasteiger partial charge in [0.25, 0.3) is 0 Å². The predicted molar refractivity (Wildman–Crippen MR) is 69.3 cm³/mol. The van der Waals surface area contributed by atoms with Gasteiger partial charge in [-0.05, 0) is 29.2 Å². The van der Waals surface area contributed by atoms with E-state index < -0.39 is 0 Å². The maximum atomic E-state index is 4.36. The van der Waals surface area contributed by atoms with Crippen LogP contribution in [-0.2, 0) is 5.75 Å². The molecule has 0 heterocycles. The molecular weight excluding hydrogens is 200 g/mol. The smallest absolute Gasteiger partial charge is 0.0160 e. The number of benzene rings is 2. The lowest BCUT2D eigenvalue weighted by Crippen LogP contribution is -1.88. The second-order valence-electron chi connectivity index (χ2n) is 3.63. The lowest BCUT2D eigenvalue weighted by Gasteiger charge is -2.09. The lowest BCUT2D eigenvalue weighted by atomic mass is 9.97. The van der Waals surface area contributed by atoms with Gasteiger partial charge in [-0.25, -0.2) is 0 Å². The van der Waals surface area contributed by atoms with E-state index in [4.69, 9.17) is 0 Å². The molecule has 76 valence electrons. The van der Waals surface area contributed by atoms with Gasteiger partial charge in [-0.1, -0.05) is 48.5 Å². The Morgan fingerprint density at radius 3 is 2.13 bits per heavy atom. The van der Waals surface area contributed by atoms with Gasteiger partial charge in [0.05, 0.1) is 0 Å². The van der Waals surface area contributed by atoms with Crippen LogP contribution in [0, 0.1) is 6.92 Å². The summed E-state index contributed by atoms with van der Waals surface area (Å²) < 4.78 is 0. The predicted octanol–water partition coefficient (Wildman–Crippen LogP) is 4.09. The minimum absolute atomic E-state index is 0.782. The minimum Gasteiger partial charge on any atom is -0.175 e. The molecular formula is C14H14S. The van der Waals surface area contributed by atoms with Crippen LogP contribution in [0.1, 0.15) is 11.1 Å². The molecule has 0 fully saturated rings. The molecule has 0 unspecified atom stereocenters. The van der Waals surface area contributed by atoms with Gasteiger partial charge < -0.3 is 0 Å². The summed E-state index contributed by atoms with van der Waals surface area (Å²) in [5.74, 6) is 0.782. The molecule has 0 nitrogen and oxygen atoms in total. The Morgan fingerprint density at radius 1 is 0.867 bits per heavy atom. The molecule has 15 heavy (non-hydrogen) atoms. The molecule has 0 amide bonds. The average Bonchev–Trinajstić information content (AvgIpc) is 2.30. The molecule has 0 bridgehead atoms. The summed E-state index contributed by atoms with van der Waals surface area (Å²) in [6.07, 6.45) is 0. The molecule has 0 atom stereocenters. The molecule has 2 aromatic carbocycles. The molecule has 0 aliphatic heterocycles. The number of hydrogen-bond donors (Lipinski definition) is 1. The molecule has 0 N–H and O–H groups in total. The monoisotopic (exact) mass is 214 g/mol. The summed E-state index contributed by atoms with van der Waals surface area (Å²) in [6, 6.07) is 16.9. The first-order valence-corrected chi connectivity index (χ1v) is 5.71. The Hall–Kier alpha value is -1.21. The Kier molecular flexibility index (Phi) is 3.12. The van der Waals surface area contributed by atoms with Crippen LogP contribution < -0.4 is 0 Å². The summed E-state index contributed by atoms with van der Waals surface area (Å²) in [7, 11) is 0. The third-order valence-electron chi connectivity index (χ3n) is 2.62. The van der Waals surface area contributed by atoms with E-state index in [0.29, 0.717) is 0 Å². The number of hydrogen-bond acceptors (Lipinski definition) is 1. The Morgan fingerprint density at radius 2 is 1.47 bits per heavy atom. The fourth-order valence-corrected chi connectivity index (χ4v) is 2.07. The van der Waals surface area contributed by atoms with E-state index in [0.717, 1.165) is 5.75 Å². The highest BCUT2D eigenvalue weighted by Gasteiger charge is 2.04. The van der Waals surface area contributed by atoms with Crippen LogP contribution in [0.25, 0.3) is 11.1 Å². The average molecular weight is 214 g/mol. The molecule has 1 heteroatoms. The van der Waals surface area contributed by atoms with Crippen LogP contribution in [0.3, 0.4) is 0 Å². The van der Waals surface area contributed by atoms with E-state index in [1.54, 1.807) is 0 Å². The topological polar surface area (TPSA) is 0 Å². The molecule has 2 aromatic rings. The number of thiol groups is 1. The van der Waals surface area contributed by atoms with Crippen molar-refractivity contribution in [1.82, 2.24) is 0 Å². The van der Waals surface area contributed by atoms with Crippen molar-refractivity contribution in [2.75, 3.05) is 0 Å². The zero-order valence-electron chi connectivity index (χ0n) is 8.77. The Balaban J connectivity index is 2.59. The minimum atomic E-state index is 0.782. The zero-order chi connectivity index (χ0) is 10.7. The van der Waals surface area contributed by atoms with Crippen molar-refractivity contribution >= 4 is 12.6 Å². The van der Waals surface area contributed by atoms with Crippen molar-refractivity contribution in [3.63, 3.8) is 0 Å². The van der Waals surface area contributed by atoms with Crippen LogP contribution in [0.4, 0.5) is 0 Å². The van der Waals surface area contributed by atoms with E-state index in [9.17, 15) is 0 Å². The molecule has 0 aliphatic rings. The first kappa shape index (κ1) is 10.3. The van der Waals surface area contributed by atoms with Crippen LogP contribution in [-0.4, -0.2) is 0 Å². The summed E-state index contributed by atoms with van der Waals surface area (Å²) in [6.45, 7) is 2.14. The summed E-state index contributed by atoms with van der Waals surface area (Å²) in [4.78, 5) is 0. The van der Waals surface area contributed by atoms with Crippen molar-refractivity contribution in [2.45, 2.75) is 12.7 Å². The first-order chi connectivity index (χ1) is 7.33. The fraction of sp³-hybridized carbons (Fsp3) is 0.143. The highest BCUT2D eigenvalue weighted by atomic mass is 32.1. The summed E-state index contributed by atoms with van der Waals surface area (Å²) in [5.41, 5.74) is 5.20. The van der Waals surface area contributed by atoms with Crippen LogP contribution in [0.2, 0.25) is 0 Å². The van der Waals surface area contributed by atoms with Gasteiger partial charge >= 0.3 is 0 Å². The fourth-order valence-electron chi connectivity index (χ4n) is 1.80. The van der Waals surface area contributed by atoms with Gasteiger partial charge in [-0.2, -0.15) is 12.6 Å². The van der Waals surface area contributed by atoms with E-state index in [1.165, 1.54) is 22.3 Å². The van der Waals surface area contributed by atoms with Crippen molar-refractivity contribution in [2.24, 2.45) is 0 Å². The van der Waals surface area contributed by atoms with Crippen molar-refractivity contribution in [3.8, 4) is 11.1 Å². The molecule has 0 radical (unpaired) electrons. The molecule has 2 rings (SSSR count). The van der Waals surface area contributed by atoms with E-state index in [2.05, 4.69) is 68.1 Å². The zero-order valence-corrected chi connectivity index (χ0v) is 9.67. The van der Waals surface area contributed by atoms with Crippen molar-refractivity contribution < 1.29 is 0 Å². The third-order valence-corrected chi connectivity index (χ3v) is 2.96. The second-order valence-corrected chi connectivity index (χ2v) is 3.95. The highest BCUT2D eigenvalue weighted by Crippen LogP contribution is 2.27. The Bertz CT molecular complexity index is 460. The van der Waals surface area contributed by atoms with E-state index in [1.807, 2.05) is 0 Å². The quantitative estimate of drug-likeness (QED) is 0.715. The summed E-state index contributed by atoms with van der Waals surface area (Å²) in [5, 5.41) is 0. The van der Waals surface area contributed by atoms with Crippen LogP contribution >= 0.6 is 12.6 Å². The summed E-state index contributed by atoms with van der Waals surface area (Å²) >= 11 is 4.36. The van der Waals surface area contributed by atoms with Crippen LogP contribution in [0.5, 0.6) is 0 Å². The maximum absolute atomic E-state index is 4.36. The molecule has 0 spiro atoms. The Labute approximate surface area is 96.4 Å². The largest absolute Gasteiger partial charge is 0.175 e. The van der Waals surface area contributed by atoms with Gasteiger partial charge in [0, 0.05) is 5.75 Å². The standard InChI is InChI=1S/C14H14S/c1-11-6-2-4-8-13(11)14-9-5-3-7-12(14)10-15/h2-9,15H,10H2,1H3.